The Hall–Kier alpha value is -8.61. The van der Waals surface area contributed by atoms with Gasteiger partial charge < -0.3 is 37.9 Å². The van der Waals surface area contributed by atoms with Crippen molar-refractivity contribution in [3.05, 3.63) is 262 Å². The summed E-state index contributed by atoms with van der Waals surface area (Å²) in [6.45, 7) is 0. The molecule has 0 unspecified atom stereocenters. The van der Waals surface area contributed by atoms with Gasteiger partial charge in [0.2, 0.25) is 0 Å². The normalized spacial score (nSPS) is 19.5. The minimum Gasteiger partial charge on any atom is -0.496 e. The van der Waals surface area contributed by atoms with Crippen molar-refractivity contribution in [3.8, 4) is 34.5 Å². The Balaban J connectivity index is 1.31. The molecule has 81 heavy (non-hydrogen) atoms. The summed E-state index contributed by atoms with van der Waals surface area (Å²) in [6, 6.07) is 46.3. The van der Waals surface area contributed by atoms with Gasteiger partial charge in [-0.25, -0.2) is 8.42 Å². The second-order valence-corrected chi connectivity index (χ2v) is 21.5. The number of benzene rings is 6. The van der Waals surface area contributed by atoms with Crippen molar-refractivity contribution in [3.63, 3.8) is 0 Å². The first-order chi connectivity index (χ1) is 39.4. The summed E-state index contributed by atoms with van der Waals surface area (Å²) in [5, 5.41) is 0. The van der Waals surface area contributed by atoms with Crippen LogP contribution in [-0.4, -0.2) is 88.0 Å². The van der Waals surface area contributed by atoms with E-state index in [9.17, 15) is 0 Å². The molecule has 6 aromatic carbocycles. The summed E-state index contributed by atoms with van der Waals surface area (Å²) >= 11 is 0. The predicted molar refractivity (Wildman–Crippen MR) is 330 cm³/mol. The van der Waals surface area contributed by atoms with Crippen LogP contribution in [-0.2, 0) is 19.3 Å². The van der Waals surface area contributed by atoms with E-state index in [4.69, 9.17) is 37.9 Å². The molecule has 0 atom stereocenters. The molecular weight excluding hydrogens is 1030 g/mol. The molecule has 8 rings (SSSR count). The van der Waals surface area contributed by atoms with Crippen LogP contribution < -0.4 is 28.4 Å². The van der Waals surface area contributed by atoms with Gasteiger partial charge in [0.15, 0.2) is 9.84 Å². The summed E-state index contributed by atoms with van der Waals surface area (Å²) in [4.78, 5) is 0. The van der Waals surface area contributed by atoms with Crippen LogP contribution in [0.2, 0.25) is 0 Å². The SMILES string of the molecule is COc1ccccc1/C=C/C1=CC(/C=C/c2ccccc2OC)(OC)C=C(/C=C/c2ccccc2OC)C1CS(=O)(=O)CC1C(/C=C/c2ccccc2OC)=CC(/C=C/c2ccccc2OC)(OC)C=C1/C=C/c1ccccc1OC. The van der Waals surface area contributed by atoms with Gasteiger partial charge in [0.1, 0.15) is 45.7 Å². The minimum absolute atomic E-state index is 0.278. The number of para-hydroxylation sites is 6. The maximum absolute atomic E-state index is 15.9. The van der Waals surface area contributed by atoms with Crippen LogP contribution in [0.15, 0.2) is 229 Å². The van der Waals surface area contributed by atoms with Crippen LogP contribution in [0, 0.1) is 11.8 Å². The Bertz CT molecular complexity index is 3210. The summed E-state index contributed by atoms with van der Waals surface area (Å²) in [7, 11) is 9.03. The first-order valence-electron chi connectivity index (χ1n) is 26.5. The summed E-state index contributed by atoms with van der Waals surface area (Å²) in [6.07, 6.45) is 31.5. The smallest absolute Gasteiger partial charge is 0.152 e. The van der Waals surface area contributed by atoms with Crippen molar-refractivity contribution in [1.29, 1.82) is 0 Å². The van der Waals surface area contributed by atoms with Crippen LogP contribution >= 0.6 is 0 Å². The van der Waals surface area contributed by atoms with Gasteiger partial charge in [-0.15, -0.1) is 0 Å². The number of methoxy groups -OCH3 is 8. The molecule has 0 saturated carbocycles. The van der Waals surface area contributed by atoms with E-state index < -0.39 is 32.9 Å². The lowest BCUT2D eigenvalue weighted by molar-refractivity contribution is 0.112. The lowest BCUT2D eigenvalue weighted by atomic mass is 9.79. The molecule has 2 aliphatic carbocycles. The lowest BCUT2D eigenvalue weighted by Crippen LogP contribution is -2.35. The molecule has 0 aliphatic heterocycles. The molecule has 10 nitrogen and oxygen atoms in total. The van der Waals surface area contributed by atoms with Gasteiger partial charge in [0.25, 0.3) is 0 Å². The molecule has 6 aromatic rings. The van der Waals surface area contributed by atoms with E-state index in [1.807, 2.05) is 243 Å². The zero-order valence-corrected chi connectivity index (χ0v) is 48.0. The number of hydrogen-bond donors (Lipinski definition) is 0. The molecule has 416 valence electrons. The number of sulfone groups is 1. The average Bonchev–Trinajstić information content (AvgIpc) is 3.66. The Kier molecular flexibility index (Phi) is 19.9. The highest BCUT2D eigenvalue weighted by atomic mass is 32.2. The minimum atomic E-state index is -4.06. The molecule has 11 heteroatoms. The molecule has 0 saturated heterocycles. The number of hydrogen-bond acceptors (Lipinski definition) is 10. The first kappa shape index (κ1) is 58.5. The summed E-state index contributed by atoms with van der Waals surface area (Å²) < 4.78 is 79.3. The Morgan fingerprint density at radius 2 is 0.531 bits per heavy atom. The van der Waals surface area contributed by atoms with E-state index in [2.05, 4.69) is 0 Å². The average molecular weight is 1100 g/mol. The molecular formula is C70H70O10S. The quantitative estimate of drug-likeness (QED) is 0.0581. The van der Waals surface area contributed by atoms with E-state index in [1.54, 1.807) is 56.9 Å². The van der Waals surface area contributed by atoms with Gasteiger partial charge in [-0.3, -0.25) is 0 Å². The Morgan fingerprint density at radius 3 is 0.741 bits per heavy atom. The highest BCUT2D eigenvalue weighted by Crippen LogP contribution is 2.42. The Labute approximate surface area is 478 Å². The molecule has 0 spiro atoms. The summed E-state index contributed by atoms with van der Waals surface area (Å²) in [5.41, 5.74) is 5.47. The van der Waals surface area contributed by atoms with E-state index in [1.165, 1.54) is 0 Å². The van der Waals surface area contributed by atoms with E-state index >= 15 is 8.42 Å². The molecule has 0 radical (unpaired) electrons. The third kappa shape index (κ3) is 14.6. The fraction of sp³-hybridized carbons (Fsp3) is 0.200. The van der Waals surface area contributed by atoms with E-state index in [-0.39, 0.29) is 11.5 Å². The number of ether oxygens (including phenoxy) is 8. The van der Waals surface area contributed by atoms with Gasteiger partial charge in [0.05, 0.1) is 54.2 Å². The first-order valence-corrected chi connectivity index (χ1v) is 28.3. The van der Waals surface area contributed by atoms with Crippen molar-refractivity contribution in [1.82, 2.24) is 0 Å². The van der Waals surface area contributed by atoms with Crippen LogP contribution in [0.25, 0.3) is 36.5 Å². The number of rotatable bonds is 24. The van der Waals surface area contributed by atoms with Gasteiger partial charge >= 0.3 is 0 Å². The standard InChI is InChI=1S/C70H70O10S/c1-73-63-27-15-9-21-51(63)33-37-57-45-69(79-7,43-41-55-25-13-19-31-67(55)77-5)46-58(38-34-52-22-10-16-28-64(52)74-2)61(57)49-81(71,72)50-62-59(39-35-53-23-11-17-29-65(53)75-3)47-70(80-8,44-42-56-26-14-20-32-68(56)78-6)48-60(62)40-36-54-24-12-18-30-66(54)76-4/h9-48,61-62H,49-50H2,1-8H3/b37-33+,38-34+,39-35+,40-36+,43-41+,44-42+. The van der Waals surface area contributed by atoms with Crippen molar-refractivity contribution in [2.24, 2.45) is 11.8 Å². The fourth-order valence-corrected chi connectivity index (χ4v) is 12.0. The van der Waals surface area contributed by atoms with E-state index in [0.717, 1.165) is 33.4 Å². The van der Waals surface area contributed by atoms with Crippen molar-refractivity contribution in [2.45, 2.75) is 11.2 Å². The molecule has 0 fully saturated rings. The number of allylic oxidation sites excluding steroid dienone is 8. The molecule has 0 aromatic heterocycles. The fourth-order valence-electron chi connectivity index (χ4n) is 10.1. The van der Waals surface area contributed by atoms with Crippen LogP contribution in [0.4, 0.5) is 0 Å². The second-order valence-electron chi connectivity index (χ2n) is 19.3. The van der Waals surface area contributed by atoms with Gasteiger partial charge in [-0.1, -0.05) is 170 Å². The van der Waals surface area contributed by atoms with Gasteiger partial charge in [0, 0.05) is 59.4 Å². The third-order valence-corrected chi connectivity index (χ3v) is 16.1. The van der Waals surface area contributed by atoms with Crippen molar-refractivity contribution >= 4 is 46.3 Å². The van der Waals surface area contributed by atoms with E-state index in [0.29, 0.717) is 56.8 Å². The van der Waals surface area contributed by atoms with Crippen LogP contribution in [0.1, 0.15) is 33.4 Å². The lowest BCUT2D eigenvalue weighted by Gasteiger charge is -2.35. The largest absolute Gasteiger partial charge is 0.496 e. The topological polar surface area (TPSA) is 108 Å². The molecule has 0 amide bonds. The Morgan fingerprint density at radius 1 is 0.321 bits per heavy atom. The maximum Gasteiger partial charge on any atom is 0.152 e. The highest BCUT2D eigenvalue weighted by molar-refractivity contribution is 7.91. The van der Waals surface area contributed by atoms with Crippen molar-refractivity contribution in [2.75, 3.05) is 68.4 Å². The van der Waals surface area contributed by atoms with Crippen LogP contribution in [0.3, 0.4) is 0 Å². The van der Waals surface area contributed by atoms with Gasteiger partial charge in [-0.05, 0) is 95.1 Å². The predicted octanol–water partition coefficient (Wildman–Crippen LogP) is 14.5. The molecule has 0 N–H and O–H groups in total. The maximum atomic E-state index is 15.9. The summed E-state index contributed by atoms with van der Waals surface area (Å²) in [5.74, 6) is 2.08. The zero-order chi connectivity index (χ0) is 57.2. The van der Waals surface area contributed by atoms with Crippen LogP contribution in [0.5, 0.6) is 34.5 Å². The van der Waals surface area contributed by atoms with Gasteiger partial charge in [-0.2, -0.15) is 0 Å². The zero-order valence-electron chi connectivity index (χ0n) is 47.2. The molecule has 0 bridgehead atoms. The highest BCUT2D eigenvalue weighted by Gasteiger charge is 2.38. The third-order valence-electron chi connectivity index (χ3n) is 14.4. The van der Waals surface area contributed by atoms with Crippen molar-refractivity contribution < 1.29 is 46.3 Å². The molecule has 2 aliphatic rings. The second kappa shape index (κ2) is 27.5. The monoisotopic (exact) mass is 1100 g/mol. The molecule has 0 heterocycles.